The van der Waals surface area contributed by atoms with Crippen molar-refractivity contribution >= 4 is 0 Å². The molecule has 0 radical (unpaired) electrons. The third kappa shape index (κ3) is 4.17. The molecule has 2 aliphatic rings. The van der Waals surface area contributed by atoms with Gasteiger partial charge in [-0.2, -0.15) is 0 Å². The van der Waals surface area contributed by atoms with E-state index in [-0.39, 0.29) is 0 Å². The van der Waals surface area contributed by atoms with E-state index in [4.69, 9.17) is 0 Å². The van der Waals surface area contributed by atoms with Gasteiger partial charge in [-0.15, -0.1) is 0 Å². The van der Waals surface area contributed by atoms with Crippen LogP contribution in [0.2, 0.25) is 0 Å². The Hall–Kier alpha value is -0.940. The van der Waals surface area contributed by atoms with E-state index in [1.807, 2.05) is 0 Å². The molecule has 0 saturated carbocycles. The average Bonchev–Trinajstić information content (AvgIpc) is 3.16. The zero-order chi connectivity index (χ0) is 17.1. The van der Waals surface area contributed by atoms with Crippen LogP contribution in [0.5, 0.6) is 0 Å². The minimum Gasteiger partial charge on any atom is -0.396 e. The minimum atomic E-state index is 0.322. The van der Waals surface area contributed by atoms with Crippen molar-refractivity contribution in [1.29, 1.82) is 0 Å². The summed E-state index contributed by atoms with van der Waals surface area (Å²) < 4.78 is 0. The summed E-state index contributed by atoms with van der Waals surface area (Å²) in [6.07, 6.45) is 2.36. The first-order valence-corrected chi connectivity index (χ1v) is 9.31. The van der Waals surface area contributed by atoms with Crippen LogP contribution in [0.15, 0.2) is 24.3 Å². The fraction of sp³-hybridized carbons (Fsp3) is 0.700. The highest BCUT2D eigenvalue weighted by Gasteiger charge is 2.37. The zero-order valence-electron chi connectivity index (χ0n) is 15.5. The quantitative estimate of drug-likeness (QED) is 0.813. The Morgan fingerprint density at radius 1 is 1.00 bits per heavy atom. The molecule has 1 aliphatic carbocycles. The average molecular weight is 332 g/mol. The molecule has 0 aromatic heterocycles. The molecule has 2 atom stereocenters. The number of hydrogen-bond acceptors (Lipinski definition) is 4. The van der Waals surface area contributed by atoms with Gasteiger partial charge in [0.2, 0.25) is 0 Å². The SMILES string of the molecule is CN(C)CCN(C)C[C@@H]1CN(C2Cc3ccccc3C2)C[C@@H]1CO. The molecule has 134 valence electrons. The van der Waals surface area contributed by atoms with Crippen LogP contribution in [-0.2, 0) is 12.8 Å². The number of likely N-dealkylation sites (tertiary alicyclic amines) is 1. The number of fused-ring (bicyclic) bond motifs is 1. The Labute approximate surface area is 147 Å². The molecule has 4 nitrogen and oxygen atoms in total. The van der Waals surface area contributed by atoms with Crippen LogP contribution in [0.3, 0.4) is 0 Å². The first kappa shape index (κ1) is 17.9. The van der Waals surface area contributed by atoms with Crippen LogP contribution in [0.25, 0.3) is 0 Å². The van der Waals surface area contributed by atoms with Crippen LogP contribution in [-0.4, -0.2) is 86.3 Å². The van der Waals surface area contributed by atoms with Gasteiger partial charge in [-0.25, -0.2) is 0 Å². The fourth-order valence-electron chi connectivity index (χ4n) is 4.34. The molecule has 24 heavy (non-hydrogen) atoms. The molecule has 0 bridgehead atoms. The number of likely N-dealkylation sites (N-methyl/N-ethyl adjacent to an activating group) is 2. The number of hydrogen-bond donors (Lipinski definition) is 1. The third-order valence-electron chi connectivity index (χ3n) is 5.86. The second-order valence-corrected chi connectivity index (χ2v) is 8.05. The fourth-order valence-corrected chi connectivity index (χ4v) is 4.34. The molecule has 4 heteroatoms. The van der Waals surface area contributed by atoms with E-state index in [0.29, 0.717) is 24.5 Å². The van der Waals surface area contributed by atoms with Gasteiger partial charge in [-0.1, -0.05) is 24.3 Å². The highest BCUT2D eigenvalue weighted by Crippen LogP contribution is 2.31. The summed E-state index contributed by atoms with van der Waals surface area (Å²) in [6, 6.07) is 9.51. The molecule has 1 aromatic carbocycles. The Morgan fingerprint density at radius 3 is 2.21 bits per heavy atom. The van der Waals surface area contributed by atoms with Crippen LogP contribution in [0, 0.1) is 11.8 Å². The van der Waals surface area contributed by atoms with Gasteiger partial charge in [-0.05, 0) is 56.9 Å². The maximum Gasteiger partial charge on any atom is 0.0475 e. The predicted octanol–water partition coefficient (Wildman–Crippen LogP) is 1.19. The van der Waals surface area contributed by atoms with Crippen LogP contribution in [0.4, 0.5) is 0 Å². The van der Waals surface area contributed by atoms with E-state index < -0.39 is 0 Å². The molecule has 0 unspecified atom stereocenters. The second-order valence-electron chi connectivity index (χ2n) is 8.05. The van der Waals surface area contributed by atoms with Crippen molar-refractivity contribution in [3.8, 4) is 0 Å². The number of rotatable bonds is 7. The molecule has 1 aromatic rings. The molecule has 1 saturated heterocycles. The van der Waals surface area contributed by atoms with Gasteiger partial charge in [0.1, 0.15) is 0 Å². The highest BCUT2D eigenvalue weighted by atomic mass is 16.3. The largest absolute Gasteiger partial charge is 0.396 e. The van der Waals surface area contributed by atoms with Gasteiger partial charge in [-0.3, -0.25) is 4.90 Å². The van der Waals surface area contributed by atoms with Crippen molar-refractivity contribution in [2.45, 2.75) is 18.9 Å². The Bertz CT molecular complexity index is 508. The molecule has 1 aliphatic heterocycles. The number of nitrogens with zero attached hydrogens (tertiary/aromatic N) is 3. The second kappa shape index (κ2) is 7.96. The lowest BCUT2D eigenvalue weighted by atomic mass is 9.96. The minimum absolute atomic E-state index is 0.322. The van der Waals surface area contributed by atoms with E-state index in [1.165, 1.54) is 24.0 Å². The van der Waals surface area contributed by atoms with Crippen LogP contribution in [0.1, 0.15) is 11.1 Å². The number of aliphatic hydroxyl groups is 1. The van der Waals surface area contributed by atoms with Gasteiger partial charge in [0, 0.05) is 45.4 Å². The summed E-state index contributed by atoms with van der Waals surface area (Å²) in [5, 5.41) is 9.85. The lowest BCUT2D eigenvalue weighted by molar-refractivity contribution is 0.170. The summed E-state index contributed by atoms with van der Waals surface area (Å²) in [4.78, 5) is 7.31. The Kier molecular flexibility index (Phi) is 5.93. The smallest absolute Gasteiger partial charge is 0.0475 e. The van der Waals surface area contributed by atoms with Gasteiger partial charge >= 0.3 is 0 Å². The molecule has 3 rings (SSSR count). The highest BCUT2D eigenvalue weighted by molar-refractivity contribution is 5.33. The van der Waals surface area contributed by atoms with Crippen molar-refractivity contribution in [2.24, 2.45) is 11.8 Å². The maximum atomic E-state index is 9.85. The first-order chi connectivity index (χ1) is 11.6. The van der Waals surface area contributed by atoms with Crippen LogP contribution < -0.4 is 0 Å². The van der Waals surface area contributed by atoms with E-state index in [1.54, 1.807) is 0 Å². The van der Waals surface area contributed by atoms with Crippen LogP contribution >= 0.6 is 0 Å². The molecular weight excluding hydrogens is 298 g/mol. The van der Waals surface area contributed by atoms with E-state index in [9.17, 15) is 5.11 Å². The lowest BCUT2D eigenvalue weighted by Crippen LogP contribution is -2.36. The van der Waals surface area contributed by atoms with Crippen molar-refractivity contribution in [1.82, 2.24) is 14.7 Å². The van der Waals surface area contributed by atoms with Crippen molar-refractivity contribution in [2.75, 3.05) is 60.5 Å². The van der Waals surface area contributed by atoms with Gasteiger partial charge < -0.3 is 14.9 Å². The molecule has 0 amide bonds. The molecule has 1 fully saturated rings. The van der Waals surface area contributed by atoms with E-state index in [2.05, 4.69) is 60.1 Å². The summed E-state index contributed by atoms with van der Waals surface area (Å²) in [7, 11) is 6.46. The number of benzene rings is 1. The molecule has 1 heterocycles. The van der Waals surface area contributed by atoms with Crippen molar-refractivity contribution < 1.29 is 5.11 Å². The lowest BCUT2D eigenvalue weighted by Gasteiger charge is -2.26. The topological polar surface area (TPSA) is 30.0 Å². The maximum absolute atomic E-state index is 9.85. The van der Waals surface area contributed by atoms with Crippen molar-refractivity contribution in [3.63, 3.8) is 0 Å². The van der Waals surface area contributed by atoms with Crippen molar-refractivity contribution in [3.05, 3.63) is 35.4 Å². The first-order valence-electron chi connectivity index (χ1n) is 9.31. The van der Waals surface area contributed by atoms with Gasteiger partial charge in [0.25, 0.3) is 0 Å². The summed E-state index contributed by atoms with van der Waals surface area (Å²) in [5.74, 6) is 1.02. The standard InChI is InChI=1S/C20H33N3O/c1-21(2)8-9-22(3)12-18-13-23(14-19(18)15-24)20-10-16-6-4-5-7-17(16)11-20/h4-7,18-20,24H,8-15H2,1-3H3/t18-,19-/m1/s1. The molecule has 1 N–H and O–H groups in total. The number of aliphatic hydroxyl groups excluding tert-OH is 1. The summed E-state index contributed by atoms with van der Waals surface area (Å²) in [5.41, 5.74) is 3.05. The monoisotopic (exact) mass is 331 g/mol. The van der Waals surface area contributed by atoms with E-state index >= 15 is 0 Å². The Balaban J connectivity index is 1.55. The normalized spacial score (nSPS) is 25.1. The van der Waals surface area contributed by atoms with Gasteiger partial charge in [0.05, 0.1) is 0 Å². The Morgan fingerprint density at radius 2 is 1.62 bits per heavy atom. The molecular formula is C20H33N3O. The molecule has 0 spiro atoms. The summed E-state index contributed by atoms with van der Waals surface area (Å²) >= 11 is 0. The van der Waals surface area contributed by atoms with Gasteiger partial charge in [0.15, 0.2) is 0 Å². The third-order valence-corrected chi connectivity index (χ3v) is 5.86. The zero-order valence-corrected chi connectivity index (χ0v) is 15.5. The van der Waals surface area contributed by atoms with E-state index in [0.717, 1.165) is 32.7 Å². The predicted molar refractivity (Wildman–Crippen MR) is 99.3 cm³/mol. The summed E-state index contributed by atoms with van der Waals surface area (Å²) in [6.45, 7) is 5.79.